The molecule has 0 saturated carbocycles. The Kier molecular flexibility index (Phi) is 3.92. The number of hydrogen-bond acceptors (Lipinski definition) is 5. The van der Waals surface area contributed by atoms with Gasteiger partial charge >= 0.3 is 5.97 Å². The molecule has 2 heterocycles. The van der Waals surface area contributed by atoms with Crippen LogP contribution in [0.4, 0.5) is 0 Å². The summed E-state index contributed by atoms with van der Waals surface area (Å²) in [6.45, 7) is 6.75. The maximum Gasteiger partial charge on any atom is 0.335 e. The number of hydrogen-bond donors (Lipinski definition) is 0. The molecule has 2 aliphatic rings. The van der Waals surface area contributed by atoms with Crippen molar-refractivity contribution in [1.82, 2.24) is 0 Å². The van der Waals surface area contributed by atoms with Gasteiger partial charge in [-0.3, -0.25) is 0 Å². The SMILES string of the molecule is CCCCOC1=CC(=O)O[C@@H]1[C@@H]1COC(C)(C)O1. The summed E-state index contributed by atoms with van der Waals surface area (Å²) in [5.74, 6) is -0.451. The van der Waals surface area contributed by atoms with E-state index in [2.05, 4.69) is 6.92 Å². The van der Waals surface area contributed by atoms with Crippen LogP contribution in [0.2, 0.25) is 0 Å². The van der Waals surface area contributed by atoms with Crippen LogP contribution >= 0.6 is 0 Å². The normalized spacial score (nSPS) is 30.2. The molecule has 0 unspecified atom stereocenters. The predicted octanol–water partition coefficient (Wildman–Crippen LogP) is 1.76. The highest BCUT2D eigenvalue weighted by Gasteiger charge is 2.43. The Morgan fingerprint density at radius 2 is 2.28 bits per heavy atom. The lowest BCUT2D eigenvalue weighted by molar-refractivity contribution is -0.162. The fourth-order valence-corrected chi connectivity index (χ4v) is 2.00. The summed E-state index contributed by atoms with van der Waals surface area (Å²) in [6, 6.07) is 0. The number of ether oxygens (including phenoxy) is 4. The molecule has 0 N–H and O–H groups in total. The molecule has 18 heavy (non-hydrogen) atoms. The largest absolute Gasteiger partial charge is 0.494 e. The van der Waals surface area contributed by atoms with Gasteiger partial charge in [-0.1, -0.05) is 13.3 Å². The zero-order valence-electron chi connectivity index (χ0n) is 11.1. The molecule has 0 aromatic carbocycles. The van der Waals surface area contributed by atoms with E-state index in [0.717, 1.165) is 12.8 Å². The molecular weight excluding hydrogens is 236 g/mol. The third-order valence-corrected chi connectivity index (χ3v) is 2.92. The lowest BCUT2D eigenvalue weighted by Crippen LogP contribution is -2.33. The number of rotatable bonds is 5. The van der Waals surface area contributed by atoms with Crippen LogP contribution in [0, 0.1) is 0 Å². The van der Waals surface area contributed by atoms with E-state index in [0.29, 0.717) is 19.0 Å². The van der Waals surface area contributed by atoms with Crippen molar-refractivity contribution in [2.24, 2.45) is 0 Å². The highest BCUT2D eigenvalue weighted by Crippen LogP contribution is 2.31. The van der Waals surface area contributed by atoms with Gasteiger partial charge in [0.15, 0.2) is 11.9 Å². The monoisotopic (exact) mass is 256 g/mol. The fourth-order valence-electron chi connectivity index (χ4n) is 2.00. The van der Waals surface area contributed by atoms with Gasteiger partial charge in [0.25, 0.3) is 0 Å². The summed E-state index contributed by atoms with van der Waals surface area (Å²) >= 11 is 0. The maximum absolute atomic E-state index is 11.3. The Bertz CT molecular complexity index is 347. The van der Waals surface area contributed by atoms with Crippen molar-refractivity contribution in [2.75, 3.05) is 13.2 Å². The van der Waals surface area contributed by atoms with E-state index in [4.69, 9.17) is 18.9 Å². The van der Waals surface area contributed by atoms with Gasteiger partial charge in [0.1, 0.15) is 11.9 Å². The number of carbonyl (C=O) groups excluding carboxylic acids is 1. The van der Waals surface area contributed by atoms with E-state index in [1.54, 1.807) is 0 Å². The molecule has 0 spiro atoms. The van der Waals surface area contributed by atoms with Crippen LogP contribution in [-0.4, -0.2) is 37.2 Å². The van der Waals surface area contributed by atoms with Crippen molar-refractivity contribution in [3.63, 3.8) is 0 Å². The van der Waals surface area contributed by atoms with Crippen LogP contribution in [0.5, 0.6) is 0 Å². The maximum atomic E-state index is 11.3. The lowest BCUT2D eigenvalue weighted by Gasteiger charge is -2.22. The molecule has 0 aromatic heterocycles. The minimum absolute atomic E-state index is 0.292. The van der Waals surface area contributed by atoms with Crippen molar-refractivity contribution < 1.29 is 23.7 Å². The van der Waals surface area contributed by atoms with Crippen molar-refractivity contribution >= 4 is 5.97 Å². The Labute approximate surface area is 107 Å². The number of unbranched alkanes of at least 4 members (excludes halogenated alkanes) is 1. The molecule has 0 aromatic rings. The highest BCUT2D eigenvalue weighted by molar-refractivity contribution is 5.85. The Morgan fingerprint density at radius 1 is 1.50 bits per heavy atom. The van der Waals surface area contributed by atoms with Crippen LogP contribution in [0.1, 0.15) is 33.6 Å². The Balaban J connectivity index is 1.95. The molecule has 0 bridgehead atoms. The fraction of sp³-hybridized carbons (Fsp3) is 0.769. The van der Waals surface area contributed by atoms with Gasteiger partial charge in [-0.05, 0) is 20.3 Å². The van der Waals surface area contributed by atoms with Gasteiger partial charge in [-0.2, -0.15) is 0 Å². The molecule has 0 radical (unpaired) electrons. The summed E-state index contributed by atoms with van der Waals surface area (Å²) in [5.41, 5.74) is 0. The van der Waals surface area contributed by atoms with Gasteiger partial charge in [0.2, 0.25) is 0 Å². The third-order valence-electron chi connectivity index (χ3n) is 2.92. The van der Waals surface area contributed by atoms with Gasteiger partial charge in [-0.15, -0.1) is 0 Å². The van der Waals surface area contributed by atoms with Gasteiger partial charge < -0.3 is 18.9 Å². The van der Waals surface area contributed by atoms with Gasteiger partial charge in [0, 0.05) is 0 Å². The second-order valence-electron chi connectivity index (χ2n) is 4.97. The van der Waals surface area contributed by atoms with E-state index in [9.17, 15) is 4.79 Å². The molecule has 0 amide bonds. The zero-order chi connectivity index (χ0) is 13.2. The molecule has 2 rings (SSSR count). The molecular formula is C13H20O5. The Hall–Kier alpha value is -1.07. The molecule has 1 saturated heterocycles. The lowest BCUT2D eigenvalue weighted by atomic mass is 10.2. The molecule has 5 nitrogen and oxygen atoms in total. The summed E-state index contributed by atoms with van der Waals surface area (Å²) in [5, 5.41) is 0. The first-order valence-corrected chi connectivity index (χ1v) is 6.38. The van der Waals surface area contributed by atoms with E-state index in [1.165, 1.54) is 6.08 Å². The molecule has 5 heteroatoms. The van der Waals surface area contributed by atoms with Crippen LogP contribution in [-0.2, 0) is 23.7 Å². The van der Waals surface area contributed by atoms with Crippen LogP contribution in [0.25, 0.3) is 0 Å². The molecule has 2 aliphatic heterocycles. The minimum atomic E-state index is -0.631. The summed E-state index contributed by atoms with van der Waals surface area (Å²) in [4.78, 5) is 11.3. The summed E-state index contributed by atoms with van der Waals surface area (Å²) in [7, 11) is 0. The molecule has 1 fully saturated rings. The van der Waals surface area contributed by atoms with Crippen molar-refractivity contribution in [2.45, 2.75) is 51.6 Å². The van der Waals surface area contributed by atoms with Crippen LogP contribution < -0.4 is 0 Å². The third kappa shape index (κ3) is 3.03. The molecule has 0 aliphatic carbocycles. The van der Waals surface area contributed by atoms with Crippen molar-refractivity contribution in [3.8, 4) is 0 Å². The Morgan fingerprint density at radius 3 is 2.89 bits per heavy atom. The van der Waals surface area contributed by atoms with E-state index in [1.807, 2.05) is 13.8 Å². The first-order valence-electron chi connectivity index (χ1n) is 6.38. The van der Waals surface area contributed by atoms with Gasteiger partial charge in [0.05, 0.1) is 19.3 Å². The van der Waals surface area contributed by atoms with Crippen molar-refractivity contribution in [1.29, 1.82) is 0 Å². The second-order valence-corrected chi connectivity index (χ2v) is 4.97. The topological polar surface area (TPSA) is 54.0 Å². The second kappa shape index (κ2) is 5.28. The smallest absolute Gasteiger partial charge is 0.335 e. The standard InChI is InChI=1S/C13H20O5/c1-4-5-6-15-9-7-11(14)17-12(9)10-8-16-13(2,3)18-10/h7,10,12H,4-6,8H2,1-3H3/t10-,12-/m0/s1. The number of cyclic esters (lactones) is 1. The average molecular weight is 256 g/mol. The molecule has 2 atom stereocenters. The van der Waals surface area contributed by atoms with Gasteiger partial charge in [-0.25, -0.2) is 4.79 Å². The van der Waals surface area contributed by atoms with Crippen LogP contribution in [0.3, 0.4) is 0 Å². The summed E-state index contributed by atoms with van der Waals surface area (Å²) in [6.07, 6.45) is 2.62. The van der Waals surface area contributed by atoms with E-state index < -0.39 is 11.9 Å². The predicted molar refractivity (Wildman–Crippen MR) is 63.7 cm³/mol. The first kappa shape index (κ1) is 13.4. The van der Waals surface area contributed by atoms with Crippen LogP contribution in [0.15, 0.2) is 11.8 Å². The van der Waals surface area contributed by atoms with E-state index in [-0.39, 0.29) is 12.1 Å². The first-order chi connectivity index (χ1) is 8.52. The highest BCUT2D eigenvalue weighted by atomic mass is 16.8. The minimum Gasteiger partial charge on any atom is -0.494 e. The molecule has 102 valence electrons. The zero-order valence-corrected chi connectivity index (χ0v) is 11.1. The number of esters is 1. The van der Waals surface area contributed by atoms with E-state index >= 15 is 0 Å². The quantitative estimate of drug-likeness (QED) is 0.554. The number of carbonyl (C=O) groups is 1. The summed E-state index contributed by atoms with van der Waals surface area (Å²) < 4.78 is 22.0. The van der Waals surface area contributed by atoms with Crippen molar-refractivity contribution in [3.05, 3.63) is 11.8 Å². The average Bonchev–Trinajstić information content (AvgIpc) is 2.82.